The number of carbonyl (C=O) groups is 1. The van der Waals surface area contributed by atoms with E-state index >= 15 is 0 Å². The largest absolute Gasteiger partial charge is 0.624 e. The second kappa shape index (κ2) is 5.75. The van der Waals surface area contributed by atoms with Crippen LogP contribution in [0.4, 0.5) is 4.79 Å². The van der Waals surface area contributed by atoms with Gasteiger partial charge in [-0.05, 0) is 32.9 Å². The highest BCUT2D eigenvalue weighted by Gasteiger charge is 2.21. The van der Waals surface area contributed by atoms with Crippen LogP contribution in [0.15, 0.2) is 24.4 Å². The van der Waals surface area contributed by atoms with Crippen molar-refractivity contribution in [3.63, 3.8) is 0 Å². The molecule has 0 aromatic carbocycles. The highest BCUT2D eigenvalue weighted by Crippen LogP contribution is 2.05. The lowest BCUT2D eigenvalue weighted by atomic mass is 10.2. The third-order valence-corrected chi connectivity index (χ3v) is 1.96. The van der Waals surface area contributed by atoms with E-state index in [1.807, 2.05) is 12.1 Å². The molecule has 0 aliphatic heterocycles. The Morgan fingerprint density at radius 1 is 1.47 bits per heavy atom. The summed E-state index contributed by atoms with van der Waals surface area (Å²) in [5.41, 5.74) is 0.169. The Bertz CT molecular complexity index is 360. The van der Waals surface area contributed by atoms with E-state index in [0.717, 1.165) is 5.69 Å². The van der Waals surface area contributed by atoms with Gasteiger partial charge in [0.25, 0.3) is 0 Å². The van der Waals surface area contributed by atoms with Gasteiger partial charge in [0, 0.05) is 18.3 Å². The van der Waals surface area contributed by atoms with Crippen molar-refractivity contribution in [2.24, 2.45) is 0 Å². The molecule has 1 aromatic rings. The summed E-state index contributed by atoms with van der Waals surface area (Å²) in [6.07, 6.45) is 1.35. The van der Waals surface area contributed by atoms with Crippen LogP contribution in [0.5, 0.6) is 0 Å². The summed E-state index contributed by atoms with van der Waals surface area (Å²) >= 11 is 0. The van der Waals surface area contributed by atoms with Gasteiger partial charge in [0.2, 0.25) is 0 Å². The Kier molecular flexibility index (Phi) is 4.60. The average Bonchev–Trinajstić information content (AvgIpc) is 2.25. The van der Waals surface area contributed by atoms with Gasteiger partial charge in [-0.2, -0.15) is 4.79 Å². The molecule has 1 heterocycles. The zero-order valence-electron chi connectivity index (χ0n) is 10.4. The lowest BCUT2D eigenvalue weighted by Crippen LogP contribution is -3.10. The number of pyridine rings is 1. The summed E-state index contributed by atoms with van der Waals surface area (Å²) in [5, 5.41) is 11.0. The van der Waals surface area contributed by atoms with Crippen LogP contribution >= 0.6 is 0 Å². The summed E-state index contributed by atoms with van der Waals surface area (Å²) < 4.78 is 4.98. The van der Waals surface area contributed by atoms with Crippen LogP contribution < -0.4 is 5.06 Å². The van der Waals surface area contributed by atoms with Gasteiger partial charge in [-0.25, -0.2) is 0 Å². The molecule has 0 fully saturated rings. The molecule has 1 unspecified atom stereocenters. The van der Waals surface area contributed by atoms with E-state index in [4.69, 9.17) is 4.74 Å². The first kappa shape index (κ1) is 13.6. The second-order valence-corrected chi connectivity index (χ2v) is 4.75. The Morgan fingerprint density at radius 2 is 2.18 bits per heavy atom. The number of hydrogen-bond acceptors (Lipinski definition) is 4. The van der Waals surface area contributed by atoms with Gasteiger partial charge in [-0.1, -0.05) is 6.07 Å². The van der Waals surface area contributed by atoms with Crippen LogP contribution in [0.2, 0.25) is 0 Å². The van der Waals surface area contributed by atoms with Crippen LogP contribution in [0, 0.1) is 5.21 Å². The first-order chi connectivity index (χ1) is 7.88. The summed E-state index contributed by atoms with van der Waals surface area (Å²) in [5.74, 6) is 0. The van der Waals surface area contributed by atoms with Crippen LogP contribution in [0.25, 0.3) is 0 Å². The SMILES string of the molecule is CC(C)(C)OC(=O)[NH+]([O-])CCc1ccccn1. The molecular formula is C12H18N2O3. The quantitative estimate of drug-likeness (QED) is 0.796. The molecule has 94 valence electrons. The fraction of sp³-hybridized carbons (Fsp3) is 0.500. The Balaban J connectivity index is 2.40. The molecule has 0 saturated heterocycles. The maximum absolute atomic E-state index is 11.5. The number of amides is 1. The molecule has 0 aliphatic carbocycles. The molecular weight excluding hydrogens is 220 g/mol. The molecule has 17 heavy (non-hydrogen) atoms. The lowest BCUT2D eigenvalue weighted by molar-refractivity contribution is -0.769. The Hall–Kier alpha value is -1.46. The minimum Gasteiger partial charge on any atom is -0.624 e. The summed E-state index contributed by atoms with van der Waals surface area (Å²) in [7, 11) is 0. The van der Waals surface area contributed by atoms with E-state index in [-0.39, 0.29) is 6.54 Å². The standard InChI is InChI=1S/C12H18N2O3/c1-12(2,3)17-11(15)14(16)9-7-10-6-4-5-8-13-10/h4-6,8,14H,7,9H2,1-3H3. The lowest BCUT2D eigenvalue weighted by Gasteiger charge is -2.24. The van der Waals surface area contributed by atoms with E-state index in [2.05, 4.69) is 4.98 Å². The topological polar surface area (TPSA) is 66.7 Å². The van der Waals surface area contributed by atoms with Gasteiger partial charge in [-0.3, -0.25) is 10.0 Å². The van der Waals surface area contributed by atoms with Crippen molar-refractivity contribution in [2.75, 3.05) is 6.54 Å². The number of hydroxylamine groups is 2. The van der Waals surface area contributed by atoms with E-state index in [9.17, 15) is 10.0 Å². The van der Waals surface area contributed by atoms with Crippen molar-refractivity contribution in [2.45, 2.75) is 32.8 Å². The number of rotatable bonds is 3. The van der Waals surface area contributed by atoms with Crippen molar-refractivity contribution >= 4 is 6.09 Å². The van der Waals surface area contributed by atoms with Gasteiger partial charge < -0.3 is 9.94 Å². The van der Waals surface area contributed by atoms with Gasteiger partial charge in [-0.15, -0.1) is 0 Å². The predicted octanol–water partition coefficient (Wildman–Crippen LogP) is 0.942. The highest BCUT2D eigenvalue weighted by molar-refractivity contribution is 5.57. The number of aromatic nitrogens is 1. The zero-order chi connectivity index (χ0) is 12.9. The van der Waals surface area contributed by atoms with Crippen LogP contribution in [-0.4, -0.2) is 23.2 Å². The molecule has 1 amide bonds. The van der Waals surface area contributed by atoms with Crippen molar-refractivity contribution in [1.29, 1.82) is 0 Å². The third-order valence-electron chi connectivity index (χ3n) is 1.96. The molecule has 0 aliphatic rings. The van der Waals surface area contributed by atoms with Gasteiger partial charge in [0.15, 0.2) is 0 Å². The van der Waals surface area contributed by atoms with Gasteiger partial charge in [0.1, 0.15) is 5.60 Å². The summed E-state index contributed by atoms with van der Waals surface area (Å²) in [6.45, 7) is 5.33. The predicted molar refractivity (Wildman–Crippen MR) is 63.4 cm³/mol. The molecule has 1 atom stereocenters. The minimum absolute atomic E-state index is 0.131. The molecule has 1 aromatic heterocycles. The maximum atomic E-state index is 11.5. The average molecular weight is 238 g/mol. The van der Waals surface area contributed by atoms with E-state index in [0.29, 0.717) is 6.42 Å². The maximum Gasteiger partial charge on any atom is 0.514 e. The smallest absolute Gasteiger partial charge is 0.514 e. The normalized spacial score (nSPS) is 13.2. The molecule has 0 saturated carbocycles. The van der Waals surface area contributed by atoms with Crippen molar-refractivity contribution in [3.05, 3.63) is 35.3 Å². The number of hydrogen-bond donors (Lipinski definition) is 1. The molecule has 5 nitrogen and oxygen atoms in total. The van der Waals surface area contributed by atoms with Crippen LogP contribution in [0.1, 0.15) is 26.5 Å². The monoisotopic (exact) mass is 238 g/mol. The van der Waals surface area contributed by atoms with Crippen molar-refractivity contribution in [3.8, 4) is 0 Å². The zero-order valence-corrected chi connectivity index (χ0v) is 10.4. The Labute approximate surface area is 101 Å². The molecule has 0 spiro atoms. The fourth-order valence-electron chi connectivity index (χ4n) is 1.22. The number of nitrogens with zero attached hydrogens (tertiary/aromatic N) is 1. The molecule has 1 N–H and O–H groups in total. The number of nitrogens with one attached hydrogen (secondary N) is 1. The number of carbonyl (C=O) groups excluding carboxylic acids is 1. The number of quaternary nitrogens is 1. The van der Waals surface area contributed by atoms with Crippen molar-refractivity contribution < 1.29 is 14.6 Å². The van der Waals surface area contributed by atoms with Crippen LogP contribution in [0.3, 0.4) is 0 Å². The number of alkyl carbamates (subject to hydrolysis) is 1. The third kappa shape index (κ3) is 5.42. The molecule has 1 rings (SSSR count). The highest BCUT2D eigenvalue weighted by atomic mass is 16.6. The molecule has 5 heteroatoms. The van der Waals surface area contributed by atoms with Crippen LogP contribution in [-0.2, 0) is 11.2 Å². The minimum atomic E-state index is -0.770. The Morgan fingerprint density at radius 3 is 2.71 bits per heavy atom. The fourth-order valence-corrected chi connectivity index (χ4v) is 1.22. The summed E-state index contributed by atoms with van der Waals surface area (Å²) in [4.78, 5) is 15.5. The molecule has 0 radical (unpaired) electrons. The van der Waals surface area contributed by atoms with Gasteiger partial charge in [0.05, 0.1) is 6.54 Å². The number of ether oxygens (including phenoxy) is 1. The first-order valence-corrected chi connectivity index (χ1v) is 5.54. The van der Waals surface area contributed by atoms with Crippen molar-refractivity contribution in [1.82, 2.24) is 4.98 Å². The van der Waals surface area contributed by atoms with Gasteiger partial charge >= 0.3 is 6.09 Å². The van der Waals surface area contributed by atoms with E-state index in [1.165, 1.54) is 0 Å². The summed E-state index contributed by atoms with van der Waals surface area (Å²) in [6, 6.07) is 5.47. The second-order valence-electron chi connectivity index (χ2n) is 4.75. The molecule has 0 bridgehead atoms. The van der Waals surface area contributed by atoms with E-state index < -0.39 is 16.8 Å². The first-order valence-electron chi connectivity index (χ1n) is 5.54. The van der Waals surface area contributed by atoms with E-state index in [1.54, 1.807) is 33.0 Å².